The molecule has 0 fully saturated rings. The van der Waals surface area contributed by atoms with E-state index in [0.717, 1.165) is 10.7 Å². The van der Waals surface area contributed by atoms with E-state index in [0.29, 0.717) is 0 Å². The van der Waals surface area contributed by atoms with E-state index in [-0.39, 0.29) is 32.1 Å². The van der Waals surface area contributed by atoms with E-state index >= 15 is 0 Å². The summed E-state index contributed by atoms with van der Waals surface area (Å²) in [6.07, 6.45) is 2.79. The van der Waals surface area contributed by atoms with Crippen molar-refractivity contribution >= 4 is 42.8 Å². The third-order valence-corrected chi connectivity index (χ3v) is 1.81. The van der Waals surface area contributed by atoms with Crippen LogP contribution in [0.5, 0.6) is 0 Å². The summed E-state index contributed by atoms with van der Waals surface area (Å²) in [6, 6.07) is 0. The molecule has 0 N–H and O–H groups in total. The smallest absolute Gasteiger partial charge is 0 e. The first-order chi connectivity index (χ1) is 2.93. The molecule has 3 heteroatoms. The molecule has 3 radical (unpaired) electrons. The van der Waals surface area contributed by atoms with Gasteiger partial charge in [-0.05, 0) is 0 Å². The molecule has 1 rings (SSSR count). The number of allylic oxidation sites excluding steroid dienone is 1. The van der Waals surface area contributed by atoms with Gasteiger partial charge in [-0.15, -0.1) is 0 Å². The first-order valence-electron chi connectivity index (χ1n) is 1.77. The van der Waals surface area contributed by atoms with Crippen LogP contribution in [0.2, 0.25) is 0 Å². The van der Waals surface area contributed by atoms with Gasteiger partial charge >= 0.3 is 41.3 Å². The number of carbonyl (C=O) groups excluding carboxylic acids is 1. The van der Waals surface area contributed by atoms with Crippen molar-refractivity contribution in [3.63, 3.8) is 0 Å². The van der Waals surface area contributed by atoms with Crippen LogP contribution in [0.25, 0.3) is 0 Å². The predicted octanol–water partition coefficient (Wildman–Crippen LogP) is -0.792. The van der Waals surface area contributed by atoms with E-state index in [2.05, 4.69) is 0 Å². The first kappa shape index (κ1) is 7.34. The van der Waals surface area contributed by atoms with E-state index in [1.54, 1.807) is 0 Å². The van der Waals surface area contributed by atoms with Crippen LogP contribution in [0, 0.1) is 0 Å². The maximum absolute atomic E-state index is 9.72. The second-order valence-electron chi connectivity index (χ2n) is 1.14. The average Bonchev–Trinajstić information content (AvgIpc) is 1.31. The second kappa shape index (κ2) is 3.36. The van der Waals surface area contributed by atoms with Gasteiger partial charge in [0.05, 0.1) is 0 Å². The monoisotopic (exact) mass is 121 g/mol. The molecule has 0 aromatic heterocycles. The van der Waals surface area contributed by atoms with Crippen LogP contribution < -0.4 is 0 Å². The molecule has 0 amide bonds. The zero-order valence-electron chi connectivity index (χ0n) is 3.79. The molecule has 1 heterocycles. The molecule has 7 heavy (non-hydrogen) atoms. The Morgan fingerprint density at radius 3 is 2.29 bits per heavy atom. The molecule has 1 aliphatic heterocycles. The fourth-order valence-electron chi connectivity index (χ4n) is 0.286. The van der Waals surface area contributed by atoms with Gasteiger partial charge in [-0.25, -0.2) is 0 Å². The maximum Gasteiger partial charge on any atom is 0 e. The summed E-state index contributed by atoms with van der Waals surface area (Å²) in [6.45, 7) is 0. The van der Waals surface area contributed by atoms with Crippen LogP contribution >= 0.6 is 0 Å². The van der Waals surface area contributed by atoms with Crippen LogP contribution in [-0.4, -0.2) is 42.8 Å². The van der Waals surface area contributed by atoms with Gasteiger partial charge in [-0.2, -0.15) is 0 Å². The molecular formula is C4H3Al2O. The van der Waals surface area contributed by atoms with E-state index in [1.165, 1.54) is 0 Å². The van der Waals surface area contributed by atoms with E-state index in [9.17, 15) is 4.79 Å². The zero-order chi connectivity index (χ0) is 4.41. The third kappa shape index (κ3) is 1.72. The largest absolute Gasteiger partial charge is 0 e. The summed E-state index contributed by atoms with van der Waals surface area (Å²) in [5, 5.41) is 0. The third-order valence-electron chi connectivity index (χ3n) is 0.713. The van der Waals surface area contributed by atoms with Crippen molar-refractivity contribution in [1.29, 1.82) is 0 Å². The number of rotatable bonds is 1. The number of hydrogen-bond donors (Lipinski definition) is 0. The Kier molecular flexibility index (Phi) is 3.53. The van der Waals surface area contributed by atoms with Crippen molar-refractivity contribution < 1.29 is 4.79 Å². The Morgan fingerprint density at radius 2 is 2.29 bits per heavy atom. The Labute approximate surface area is 58.8 Å². The maximum atomic E-state index is 9.72. The summed E-state index contributed by atoms with van der Waals surface area (Å²) in [7, 11) is 0. The molecular weight excluding hydrogens is 118 g/mol. The number of hydrogen-bond acceptors (Lipinski definition) is 1. The summed E-state index contributed by atoms with van der Waals surface area (Å²) in [4.78, 5) is 11.8. The van der Waals surface area contributed by atoms with Gasteiger partial charge in [0, 0.05) is 17.4 Å². The summed E-state index contributed by atoms with van der Waals surface area (Å²) in [5.74, 6) is 0. The topological polar surface area (TPSA) is 17.1 Å². The SMILES string of the molecule is O=C[C]1=[Al][CH]=C1.[Al]. The summed E-state index contributed by atoms with van der Waals surface area (Å²) >= 11 is 0.284. The van der Waals surface area contributed by atoms with Gasteiger partial charge in [0.1, 0.15) is 0 Å². The van der Waals surface area contributed by atoms with Crippen LogP contribution in [0.3, 0.4) is 0 Å². The second-order valence-corrected chi connectivity index (χ2v) is 2.53. The minimum atomic E-state index is 0. The molecule has 0 saturated carbocycles. The standard InChI is InChI=1S/C4H3O.2Al/c1-2-3-4-5;;/h1-2,4H;;. The molecule has 0 aromatic rings. The zero-order valence-corrected chi connectivity index (χ0v) is 6.10. The molecule has 0 unspecified atom stereocenters. The Balaban J connectivity index is 0.000000360. The van der Waals surface area contributed by atoms with Crippen molar-refractivity contribution in [3.05, 3.63) is 11.0 Å². The van der Waals surface area contributed by atoms with E-state index in [1.807, 2.05) is 11.0 Å². The Morgan fingerprint density at radius 1 is 1.71 bits per heavy atom. The fourth-order valence-corrected chi connectivity index (χ4v) is 0.779. The van der Waals surface area contributed by atoms with Crippen molar-refractivity contribution in [1.82, 2.24) is 0 Å². The molecule has 31 valence electrons. The minimum absolute atomic E-state index is 0. The van der Waals surface area contributed by atoms with Gasteiger partial charge in [0.2, 0.25) is 0 Å². The molecule has 0 aliphatic carbocycles. The molecule has 0 bridgehead atoms. The first-order valence-corrected chi connectivity index (χ1v) is 3.01. The summed E-state index contributed by atoms with van der Waals surface area (Å²) < 4.78 is 0.995. The minimum Gasteiger partial charge on any atom is 0 e. The predicted molar refractivity (Wildman–Crippen MR) is 31.7 cm³/mol. The van der Waals surface area contributed by atoms with Gasteiger partial charge < -0.3 is 0 Å². The van der Waals surface area contributed by atoms with Crippen molar-refractivity contribution in [2.45, 2.75) is 0 Å². The number of carbonyl (C=O) groups is 1. The van der Waals surface area contributed by atoms with Crippen molar-refractivity contribution in [3.8, 4) is 0 Å². The van der Waals surface area contributed by atoms with Gasteiger partial charge in [0.15, 0.2) is 0 Å². The molecule has 0 atom stereocenters. The normalized spacial score (nSPS) is 12.3. The fraction of sp³-hybridized carbons (Fsp3) is 0. The molecule has 0 spiro atoms. The van der Waals surface area contributed by atoms with Crippen LogP contribution in [0.4, 0.5) is 0 Å². The van der Waals surface area contributed by atoms with Crippen LogP contribution in [0.1, 0.15) is 0 Å². The van der Waals surface area contributed by atoms with Crippen molar-refractivity contribution in [2.24, 2.45) is 0 Å². The van der Waals surface area contributed by atoms with Gasteiger partial charge in [-0.1, -0.05) is 0 Å². The molecule has 0 aromatic carbocycles. The Hall–Kier alpha value is 0.345. The summed E-state index contributed by atoms with van der Waals surface area (Å²) in [5.41, 5.74) is 0. The quantitative estimate of drug-likeness (QED) is 0.328. The van der Waals surface area contributed by atoms with Crippen molar-refractivity contribution in [2.75, 3.05) is 0 Å². The van der Waals surface area contributed by atoms with E-state index in [4.69, 9.17) is 0 Å². The molecule has 1 nitrogen and oxygen atoms in total. The average molecular weight is 121 g/mol. The van der Waals surface area contributed by atoms with Gasteiger partial charge in [-0.3, -0.25) is 0 Å². The van der Waals surface area contributed by atoms with E-state index < -0.39 is 0 Å². The van der Waals surface area contributed by atoms with Gasteiger partial charge in [0.25, 0.3) is 0 Å². The molecule has 0 saturated heterocycles. The molecule has 1 aliphatic rings. The number of aldehydes is 1. The van der Waals surface area contributed by atoms with Crippen LogP contribution in [0.15, 0.2) is 11.0 Å². The van der Waals surface area contributed by atoms with Crippen LogP contribution in [-0.2, 0) is 4.79 Å². The Bertz CT molecular complexity index is 122.